The van der Waals surface area contributed by atoms with Crippen LogP contribution in [0.25, 0.3) is 0 Å². The normalized spacial score (nSPS) is 12.4. The van der Waals surface area contributed by atoms with Gasteiger partial charge in [-0.1, -0.05) is 6.92 Å². The number of likely N-dealkylation sites (N-methyl/N-ethyl adjacent to an activating group) is 1. The third-order valence-electron chi connectivity index (χ3n) is 4.58. The van der Waals surface area contributed by atoms with E-state index in [-0.39, 0.29) is 18.3 Å². The lowest BCUT2D eigenvalue weighted by Crippen LogP contribution is -2.34. The molecule has 9 heteroatoms. The summed E-state index contributed by atoms with van der Waals surface area (Å²) in [5.41, 5.74) is 13.9. The predicted molar refractivity (Wildman–Crippen MR) is 119 cm³/mol. The fourth-order valence-corrected chi connectivity index (χ4v) is 3.09. The van der Waals surface area contributed by atoms with Crippen molar-refractivity contribution in [3.8, 4) is 5.75 Å². The zero-order valence-electron chi connectivity index (χ0n) is 18.4. The van der Waals surface area contributed by atoms with Crippen molar-refractivity contribution in [1.82, 2.24) is 14.9 Å². The number of hydrazine groups is 1. The van der Waals surface area contributed by atoms with E-state index in [2.05, 4.69) is 4.98 Å². The average Bonchev–Trinajstić information content (AvgIpc) is 2.70. The Hall–Kier alpha value is -3.33. The van der Waals surface area contributed by atoms with Crippen LogP contribution in [-0.2, 0) is 0 Å². The van der Waals surface area contributed by atoms with Gasteiger partial charge in [-0.3, -0.25) is 4.79 Å². The summed E-state index contributed by atoms with van der Waals surface area (Å²) in [6.45, 7) is 6.39. The number of anilines is 1. The van der Waals surface area contributed by atoms with Crippen molar-refractivity contribution >= 4 is 11.7 Å². The molecule has 1 aromatic carbocycles. The zero-order valence-corrected chi connectivity index (χ0v) is 18.4. The van der Waals surface area contributed by atoms with Gasteiger partial charge in [-0.05, 0) is 50.1 Å². The maximum atomic E-state index is 14.0. The molecule has 6 N–H and O–H groups in total. The van der Waals surface area contributed by atoms with E-state index in [1.165, 1.54) is 28.1 Å². The van der Waals surface area contributed by atoms with Gasteiger partial charge in [-0.2, -0.15) is 0 Å². The van der Waals surface area contributed by atoms with Gasteiger partial charge in [0.05, 0.1) is 6.54 Å². The van der Waals surface area contributed by atoms with Gasteiger partial charge in [-0.25, -0.2) is 15.2 Å². The molecular formula is C22H31FN6O2. The first kappa shape index (κ1) is 23.9. The molecule has 0 radical (unpaired) electrons. The Morgan fingerprint density at radius 1 is 1.35 bits per heavy atom. The smallest absolute Gasteiger partial charge is 0.254 e. The first-order valence-corrected chi connectivity index (χ1v) is 10.0. The van der Waals surface area contributed by atoms with E-state index in [0.29, 0.717) is 29.1 Å². The predicted octanol–water partition coefficient (Wildman–Crippen LogP) is 2.71. The number of pyridine rings is 1. The van der Waals surface area contributed by atoms with Gasteiger partial charge in [0.25, 0.3) is 5.91 Å². The minimum atomic E-state index is -0.647. The van der Waals surface area contributed by atoms with Crippen molar-refractivity contribution in [3.63, 3.8) is 0 Å². The number of benzene rings is 1. The van der Waals surface area contributed by atoms with Crippen LogP contribution in [0.3, 0.4) is 0 Å². The number of nitrogens with zero attached hydrogens (tertiary/aromatic N) is 3. The average molecular weight is 431 g/mol. The highest BCUT2D eigenvalue weighted by Crippen LogP contribution is 2.29. The molecule has 0 spiro atoms. The van der Waals surface area contributed by atoms with Crippen molar-refractivity contribution < 1.29 is 13.9 Å². The van der Waals surface area contributed by atoms with Crippen LogP contribution >= 0.6 is 0 Å². The van der Waals surface area contributed by atoms with Gasteiger partial charge < -0.3 is 26.1 Å². The molecular weight excluding hydrogens is 399 g/mol. The number of carbonyl (C=O) groups excluding carboxylic acids is 1. The summed E-state index contributed by atoms with van der Waals surface area (Å²) in [4.78, 5) is 18.6. The quantitative estimate of drug-likeness (QED) is 0.413. The number of aryl methyl sites for hydroxylation is 1. The first-order chi connectivity index (χ1) is 14.6. The van der Waals surface area contributed by atoms with Crippen molar-refractivity contribution in [2.24, 2.45) is 11.6 Å². The van der Waals surface area contributed by atoms with Crippen LogP contribution < -0.4 is 22.0 Å². The van der Waals surface area contributed by atoms with Crippen molar-refractivity contribution in [2.45, 2.75) is 33.3 Å². The van der Waals surface area contributed by atoms with Crippen LogP contribution in [0.4, 0.5) is 10.2 Å². The van der Waals surface area contributed by atoms with E-state index in [1.807, 2.05) is 13.8 Å². The Balaban J connectivity index is 2.25. The second-order valence-electron chi connectivity index (χ2n) is 7.49. The number of rotatable bonds is 9. The first-order valence-electron chi connectivity index (χ1n) is 10.0. The van der Waals surface area contributed by atoms with Crippen LogP contribution in [0.1, 0.15) is 47.9 Å². The summed E-state index contributed by atoms with van der Waals surface area (Å²) in [6, 6.07) is 5.70. The summed E-state index contributed by atoms with van der Waals surface area (Å²) < 4.78 is 19.9. The molecule has 8 nitrogen and oxygen atoms in total. The van der Waals surface area contributed by atoms with E-state index in [1.54, 1.807) is 32.4 Å². The van der Waals surface area contributed by atoms with E-state index >= 15 is 0 Å². The molecule has 1 amide bonds. The lowest BCUT2D eigenvalue weighted by atomic mass is 10.0. The molecule has 0 fully saturated rings. The van der Waals surface area contributed by atoms with Gasteiger partial charge in [0.2, 0.25) is 0 Å². The fourth-order valence-electron chi connectivity index (χ4n) is 3.09. The number of hydrogen-bond donors (Lipinski definition) is 3. The molecule has 168 valence electrons. The number of nitrogens with two attached hydrogens (primary N) is 3. The zero-order chi connectivity index (χ0) is 23.1. The monoisotopic (exact) mass is 430 g/mol. The SMILES string of the molecule is CCCN(N)/C=C(\N)CN(C)C(=O)c1ccc(F)cc1C(C)Oc1cc(C)cnc1N. The van der Waals surface area contributed by atoms with Crippen molar-refractivity contribution in [2.75, 3.05) is 25.9 Å². The lowest BCUT2D eigenvalue weighted by molar-refractivity contribution is 0.0800. The maximum Gasteiger partial charge on any atom is 0.254 e. The highest BCUT2D eigenvalue weighted by molar-refractivity contribution is 5.95. The maximum absolute atomic E-state index is 14.0. The molecule has 0 aliphatic carbocycles. The number of nitrogen functional groups attached to an aromatic ring is 1. The number of ether oxygens (including phenoxy) is 1. The molecule has 1 unspecified atom stereocenters. The molecule has 0 saturated carbocycles. The second kappa shape index (κ2) is 10.6. The summed E-state index contributed by atoms with van der Waals surface area (Å²) in [7, 11) is 1.62. The molecule has 1 aromatic heterocycles. The summed E-state index contributed by atoms with van der Waals surface area (Å²) >= 11 is 0. The number of aromatic nitrogens is 1. The fraction of sp³-hybridized carbons (Fsp3) is 0.364. The third-order valence-corrected chi connectivity index (χ3v) is 4.58. The Morgan fingerprint density at radius 2 is 2.06 bits per heavy atom. The Kier molecular flexibility index (Phi) is 8.21. The van der Waals surface area contributed by atoms with Crippen molar-refractivity contribution in [3.05, 3.63) is 64.9 Å². The standard InChI is InChI=1S/C22H31FN6O2/c1-5-8-29(26)13-17(24)12-28(4)22(30)18-7-6-16(23)10-19(18)15(3)31-20-9-14(2)11-27-21(20)25/h6-7,9-11,13,15H,5,8,12,24,26H2,1-4H3,(H2,25,27)/b17-13-. The number of carbonyl (C=O) groups is 1. The molecule has 2 rings (SSSR count). The topological polar surface area (TPSA) is 124 Å². The van der Waals surface area contributed by atoms with Crippen LogP contribution in [0, 0.1) is 12.7 Å². The summed E-state index contributed by atoms with van der Waals surface area (Å²) in [6.07, 6.45) is 3.44. The summed E-state index contributed by atoms with van der Waals surface area (Å²) in [5, 5.41) is 1.48. The molecule has 31 heavy (non-hydrogen) atoms. The van der Waals surface area contributed by atoms with Crippen LogP contribution in [0.5, 0.6) is 5.75 Å². The van der Waals surface area contributed by atoms with Gasteiger partial charge in [0.1, 0.15) is 11.9 Å². The Morgan fingerprint density at radius 3 is 2.74 bits per heavy atom. The highest BCUT2D eigenvalue weighted by atomic mass is 19.1. The van der Waals surface area contributed by atoms with Crippen LogP contribution in [-0.4, -0.2) is 40.9 Å². The largest absolute Gasteiger partial charge is 0.482 e. The molecule has 2 aromatic rings. The molecule has 0 aliphatic heterocycles. The third kappa shape index (κ3) is 6.58. The number of hydrogen-bond acceptors (Lipinski definition) is 7. The van der Waals surface area contributed by atoms with E-state index < -0.39 is 11.9 Å². The van der Waals surface area contributed by atoms with Crippen LogP contribution in [0.2, 0.25) is 0 Å². The summed E-state index contributed by atoms with van der Waals surface area (Å²) in [5.74, 6) is 5.62. The van der Waals surface area contributed by atoms with Crippen LogP contribution in [0.15, 0.2) is 42.4 Å². The lowest BCUT2D eigenvalue weighted by Gasteiger charge is -2.23. The van der Waals surface area contributed by atoms with Gasteiger partial charge in [-0.15, -0.1) is 0 Å². The van der Waals surface area contributed by atoms with E-state index in [0.717, 1.165) is 12.0 Å². The highest BCUT2D eigenvalue weighted by Gasteiger charge is 2.22. The second-order valence-corrected chi connectivity index (χ2v) is 7.49. The molecule has 0 saturated heterocycles. The van der Waals surface area contributed by atoms with E-state index in [9.17, 15) is 9.18 Å². The molecule has 0 aliphatic rings. The number of halogens is 1. The van der Waals surface area contributed by atoms with Gasteiger partial charge in [0.15, 0.2) is 11.6 Å². The molecule has 1 atom stereocenters. The Bertz CT molecular complexity index is 950. The van der Waals surface area contributed by atoms with Gasteiger partial charge >= 0.3 is 0 Å². The van der Waals surface area contributed by atoms with Gasteiger partial charge in [0, 0.05) is 42.8 Å². The molecule has 1 heterocycles. The van der Waals surface area contributed by atoms with Crippen molar-refractivity contribution in [1.29, 1.82) is 0 Å². The Labute approximate surface area is 182 Å². The van der Waals surface area contributed by atoms with E-state index in [4.69, 9.17) is 22.0 Å². The molecule has 0 bridgehead atoms. The minimum absolute atomic E-state index is 0.164. The number of amides is 1. The minimum Gasteiger partial charge on any atom is -0.482 e.